The number of carbonyl (C=O) groups excluding carboxylic acids is 1. The minimum absolute atomic E-state index is 0.142. The van der Waals surface area contributed by atoms with Crippen LogP contribution in [0, 0.1) is 6.92 Å². The molecule has 0 aliphatic heterocycles. The summed E-state index contributed by atoms with van der Waals surface area (Å²) in [5, 5.41) is 13.3. The van der Waals surface area contributed by atoms with Gasteiger partial charge in [-0.3, -0.25) is 9.78 Å². The highest BCUT2D eigenvalue weighted by Crippen LogP contribution is 2.24. The van der Waals surface area contributed by atoms with Gasteiger partial charge in [-0.2, -0.15) is 0 Å². The van der Waals surface area contributed by atoms with Gasteiger partial charge in [0.2, 0.25) is 0 Å². The zero-order chi connectivity index (χ0) is 18.0. The molecule has 25 heavy (non-hydrogen) atoms. The molecule has 0 saturated heterocycles. The average molecular weight is 336 g/mol. The van der Waals surface area contributed by atoms with E-state index in [2.05, 4.69) is 15.3 Å². The molecule has 1 amide bonds. The van der Waals surface area contributed by atoms with Crippen molar-refractivity contribution >= 4 is 22.6 Å². The Bertz CT molecular complexity index is 921. The van der Waals surface area contributed by atoms with E-state index in [1.165, 1.54) is 0 Å². The van der Waals surface area contributed by atoms with E-state index in [0.717, 1.165) is 23.2 Å². The predicted octanol–water partition coefficient (Wildman–Crippen LogP) is 2.96. The van der Waals surface area contributed by atoms with Crippen molar-refractivity contribution in [3.05, 3.63) is 59.4 Å². The SMILES string of the molecule is Cc1cc(NC(=O)c2ccc(CN(C)C)nc2)nc2cc(O)ccc12. The van der Waals surface area contributed by atoms with E-state index < -0.39 is 0 Å². The molecule has 128 valence electrons. The summed E-state index contributed by atoms with van der Waals surface area (Å²) in [6.45, 7) is 2.66. The van der Waals surface area contributed by atoms with Gasteiger partial charge in [0, 0.05) is 24.2 Å². The van der Waals surface area contributed by atoms with Gasteiger partial charge in [-0.1, -0.05) is 0 Å². The van der Waals surface area contributed by atoms with E-state index in [-0.39, 0.29) is 11.7 Å². The number of anilines is 1. The third kappa shape index (κ3) is 3.92. The van der Waals surface area contributed by atoms with Crippen molar-refractivity contribution in [3.8, 4) is 5.75 Å². The van der Waals surface area contributed by atoms with Crippen LogP contribution in [0.15, 0.2) is 42.6 Å². The van der Waals surface area contributed by atoms with Crippen LogP contribution in [0.5, 0.6) is 5.75 Å². The highest BCUT2D eigenvalue weighted by atomic mass is 16.3. The van der Waals surface area contributed by atoms with Crippen LogP contribution in [0.3, 0.4) is 0 Å². The first-order valence-corrected chi connectivity index (χ1v) is 7.94. The van der Waals surface area contributed by atoms with E-state index in [1.54, 1.807) is 24.4 Å². The molecule has 0 bridgehead atoms. The Hall–Kier alpha value is -2.99. The van der Waals surface area contributed by atoms with Crippen LogP contribution in [0.2, 0.25) is 0 Å². The molecule has 6 nitrogen and oxygen atoms in total. The van der Waals surface area contributed by atoms with Crippen molar-refractivity contribution in [1.29, 1.82) is 0 Å². The highest BCUT2D eigenvalue weighted by Gasteiger charge is 2.10. The number of phenols is 1. The van der Waals surface area contributed by atoms with E-state index in [4.69, 9.17) is 0 Å². The Morgan fingerprint density at radius 1 is 1.20 bits per heavy atom. The van der Waals surface area contributed by atoms with Crippen LogP contribution in [0.1, 0.15) is 21.6 Å². The molecule has 0 unspecified atom stereocenters. The largest absolute Gasteiger partial charge is 0.508 e. The van der Waals surface area contributed by atoms with Crippen molar-refractivity contribution < 1.29 is 9.90 Å². The number of phenolic OH excluding ortho intramolecular Hbond substituents is 1. The van der Waals surface area contributed by atoms with Crippen molar-refractivity contribution in [2.24, 2.45) is 0 Å². The standard InChI is InChI=1S/C19H20N4O2/c1-12-8-18(21-17-9-15(24)6-7-16(12)17)22-19(25)13-4-5-14(20-10-13)11-23(2)3/h4-10,24H,11H2,1-3H3,(H,21,22,25). The van der Waals surface area contributed by atoms with Gasteiger partial charge in [-0.15, -0.1) is 0 Å². The summed E-state index contributed by atoms with van der Waals surface area (Å²) in [6, 6.07) is 10.4. The minimum Gasteiger partial charge on any atom is -0.508 e. The lowest BCUT2D eigenvalue weighted by atomic mass is 10.1. The number of rotatable bonds is 4. The number of hydrogen-bond donors (Lipinski definition) is 2. The number of carbonyl (C=O) groups is 1. The van der Waals surface area contributed by atoms with E-state index in [0.29, 0.717) is 16.9 Å². The molecule has 6 heteroatoms. The number of hydrogen-bond acceptors (Lipinski definition) is 5. The van der Waals surface area contributed by atoms with Crippen molar-refractivity contribution in [2.45, 2.75) is 13.5 Å². The van der Waals surface area contributed by atoms with Gasteiger partial charge in [0.25, 0.3) is 5.91 Å². The molecule has 0 atom stereocenters. The molecule has 3 aromatic rings. The number of aromatic hydroxyl groups is 1. The van der Waals surface area contributed by atoms with Crippen LogP contribution in [0.4, 0.5) is 5.82 Å². The lowest BCUT2D eigenvalue weighted by Gasteiger charge is -2.10. The summed E-state index contributed by atoms with van der Waals surface area (Å²) in [7, 11) is 3.93. The van der Waals surface area contributed by atoms with E-state index in [1.807, 2.05) is 44.1 Å². The van der Waals surface area contributed by atoms with Crippen LogP contribution in [-0.4, -0.2) is 40.0 Å². The molecule has 0 saturated carbocycles. The molecule has 0 aliphatic carbocycles. The summed E-state index contributed by atoms with van der Waals surface area (Å²) in [4.78, 5) is 23.1. The normalized spacial score (nSPS) is 11.0. The number of nitrogens with one attached hydrogen (secondary N) is 1. The number of benzene rings is 1. The van der Waals surface area contributed by atoms with E-state index >= 15 is 0 Å². The molecular formula is C19H20N4O2. The minimum atomic E-state index is -0.268. The Morgan fingerprint density at radius 2 is 2.00 bits per heavy atom. The fourth-order valence-corrected chi connectivity index (χ4v) is 2.62. The fraction of sp³-hybridized carbons (Fsp3) is 0.211. The Morgan fingerprint density at radius 3 is 2.68 bits per heavy atom. The molecule has 1 aromatic carbocycles. The smallest absolute Gasteiger partial charge is 0.258 e. The molecule has 2 N–H and O–H groups in total. The zero-order valence-corrected chi connectivity index (χ0v) is 14.4. The third-order valence-corrected chi connectivity index (χ3v) is 3.81. The number of pyridine rings is 2. The van der Waals surface area contributed by atoms with Gasteiger partial charge in [0.15, 0.2) is 0 Å². The predicted molar refractivity (Wildman–Crippen MR) is 97.7 cm³/mol. The lowest BCUT2D eigenvalue weighted by Crippen LogP contribution is -2.15. The first-order chi connectivity index (χ1) is 11.9. The van der Waals surface area contributed by atoms with Gasteiger partial charge >= 0.3 is 0 Å². The Kier molecular flexibility index (Phi) is 4.63. The van der Waals surface area contributed by atoms with Gasteiger partial charge < -0.3 is 15.3 Å². The van der Waals surface area contributed by atoms with Crippen LogP contribution < -0.4 is 5.32 Å². The first kappa shape index (κ1) is 16.9. The molecule has 0 aliphatic rings. The molecule has 3 rings (SSSR count). The average Bonchev–Trinajstić information content (AvgIpc) is 2.54. The third-order valence-electron chi connectivity index (χ3n) is 3.81. The maximum absolute atomic E-state index is 12.4. The second-order valence-electron chi connectivity index (χ2n) is 6.26. The molecular weight excluding hydrogens is 316 g/mol. The van der Waals surface area contributed by atoms with Crippen LogP contribution in [0.25, 0.3) is 10.9 Å². The topological polar surface area (TPSA) is 78.4 Å². The molecule has 0 radical (unpaired) electrons. The zero-order valence-electron chi connectivity index (χ0n) is 14.4. The van der Waals surface area contributed by atoms with Crippen LogP contribution >= 0.6 is 0 Å². The summed E-state index contributed by atoms with van der Waals surface area (Å²) in [6.07, 6.45) is 1.56. The Balaban J connectivity index is 1.81. The van der Waals surface area contributed by atoms with Gasteiger partial charge in [-0.05, 0) is 56.9 Å². The fourth-order valence-electron chi connectivity index (χ4n) is 2.62. The summed E-state index contributed by atoms with van der Waals surface area (Å²) in [5.74, 6) is 0.317. The maximum atomic E-state index is 12.4. The van der Waals surface area contributed by atoms with E-state index in [9.17, 15) is 9.90 Å². The quantitative estimate of drug-likeness (QED) is 0.766. The first-order valence-electron chi connectivity index (χ1n) is 7.94. The van der Waals surface area contributed by atoms with Crippen molar-refractivity contribution in [2.75, 3.05) is 19.4 Å². The number of aromatic nitrogens is 2. The number of fused-ring (bicyclic) bond motifs is 1. The van der Waals surface area contributed by atoms with Crippen LogP contribution in [-0.2, 0) is 6.54 Å². The van der Waals surface area contributed by atoms with Gasteiger partial charge in [-0.25, -0.2) is 4.98 Å². The summed E-state index contributed by atoms with van der Waals surface area (Å²) >= 11 is 0. The lowest BCUT2D eigenvalue weighted by molar-refractivity contribution is 0.102. The second kappa shape index (κ2) is 6.86. The molecule has 2 aromatic heterocycles. The summed E-state index contributed by atoms with van der Waals surface area (Å²) in [5.41, 5.74) is 2.98. The Labute approximate surface area is 146 Å². The van der Waals surface area contributed by atoms with Gasteiger partial charge in [0.05, 0.1) is 16.8 Å². The highest BCUT2D eigenvalue weighted by molar-refractivity contribution is 6.04. The molecule has 0 spiro atoms. The molecule has 0 fully saturated rings. The second-order valence-corrected chi connectivity index (χ2v) is 6.26. The number of aryl methyl sites for hydroxylation is 1. The number of nitrogens with zero attached hydrogens (tertiary/aromatic N) is 3. The number of amides is 1. The van der Waals surface area contributed by atoms with Crippen molar-refractivity contribution in [1.82, 2.24) is 14.9 Å². The maximum Gasteiger partial charge on any atom is 0.258 e. The molecule has 2 heterocycles. The van der Waals surface area contributed by atoms with Gasteiger partial charge in [0.1, 0.15) is 11.6 Å². The summed E-state index contributed by atoms with van der Waals surface area (Å²) < 4.78 is 0. The van der Waals surface area contributed by atoms with Crippen molar-refractivity contribution in [3.63, 3.8) is 0 Å². The monoisotopic (exact) mass is 336 g/mol.